The zero-order chi connectivity index (χ0) is 19.9. The fourth-order valence-corrected chi connectivity index (χ4v) is 2.70. The highest BCUT2D eigenvalue weighted by Crippen LogP contribution is 2.30. The number of aromatic nitrogens is 3. The van der Waals surface area contributed by atoms with E-state index >= 15 is 0 Å². The van der Waals surface area contributed by atoms with Crippen molar-refractivity contribution in [1.29, 1.82) is 0 Å². The molecule has 0 fully saturated rings. The third-order valence-electron chi connectivity index (χ3n) is 4.13. The minimum Gasteiger partial charge on any atom is -0.483 e. The minimum atomic E-state index is -0.237. The lowest BCUT2D eigenvalue weighted by Gasteiger charge is -2.09. The summed E-state index contributed by atoms with van der Waals surface area (Å²) in [6.45, 7) is 0.263. The molecule has 2 heterocycles. The highest BCUT2D eigenvalue weighted by atomic mass is 16.5. The maximum Gasteiger partial charge on any atom is 0.258 e. The van der Waals surface area contributed by atoms with E-state index in [4.69, 9.17) is 9.15 Å². The maximum absolute atomic E-state index is 12.1. The van der Waals surface area contributed by atoms with Crippen molar-refractivity contribution in [2.45, 2.75) is 6.54 Å². The molecule has 7 heteroatoms. The number of benzene rings is 2. The van der Waals surface area contributed by atoms with Gasteiger partial charge in [-0.05, 0) is 35.9 Å². The number of hydrogen-bond donors (Lipinski definition) is 1. The van der Waals surface area contributed by atoms with Crippen LogP contribution in [0.3, 0.4) is 0 Å². The molecule has 0 aliphatic carbocycles. The van der Waals surface area contributed by atoms with Crippen LogP contribution in [0.1, 0.15) is 5.56 Å². The van der Waals surface area contributed by atoms with Gasteiger partial charge >= 0.3 is 0 Å². The fraction of sp³-hybridized carbons (Fsp3) is 0.0909. The fourth-order valence-electron chi connectivity index (χ4n) is 2.70. The number of para-hydroxylation sites is 1. The van der Waals surface area contributed by atoms with Gasteiger partial charge in [-0.25, -0.2) is 0 Å². The number of nitrogens with zero attached hydrogens (tertiary/aromatic N) is 3. The number of hydrogen-bond acceptors (Lipinski definition) is 6. The molecule has 0 aliphatic rings. The Morgan fingerprint density at radius 3 is 2.55 bits per heavy atom. The van der Waals surface area contributed by atoms with Gasteiger partial charge in [0.05, 0.1) is 5.56 Å². The average Bonchev–Trinajstić information content (AvgIpc) is 3.28. The molecule has 29 heavy (non-hydrogen) atoms. The van der Waals surface area contributed by atoms with E-state index < -0.39 is 0 Å². The number of nitrogens with one attached hydrogen (secondary N) is 1. The Balaban J connectivity index is 1.42. The molecule has 0 saturated carbocycles. The highest BCUT2D eigenvalue weighted by Gasteiger charge is 2.15. The second kappa shape index (κ2) is 8.79. The molecule has 0 unspecified atom stereocenters. The van der Waals surface area contributed by atoms with Crippen molar-refractivity contribution in [3.63, 3.8) is 0 Å². The van der Waals surface area contributed by atoms with Gasteiger partial charge in [0, 0.05) is 24.5 Å². The Bertz CT molecular complexity index is 1080. The molecule has 2 aromatic heterocycles. The van der Waals surface area contributed by atoms with Gasteiger partial charge in [-0.1, -0.05) is 36.4 Å². The monoisotopic (exact) mass is 386 g/mol. The molecule has 2 aromatic carbocycles. The first-order valence-corrected chi connectivity index (χ1v) is 9.06. The maximum atomic E-state index is 12.1. The Kier molecular flexibility index (Phi) is 5.57. The standard InChI is InChI=1S/C22H18N4O3/c27-20(24-14-16-7-6-12-23-13-16)15-28-19-11-5-4-10-18(19)22-26-25-21(29-22)17-8-2-1-3-9-17/h1-13H,14-15H2,(H,24,27). The summed E-state index contributed by atoms with van der Waals surface area (Å²) >= 11 is 0. The van der Waals surface area contributed by atoms with Gasteiger partial charge in [-0.2, -0.15) is 0 Å². The predicted molar refractivity (Wildman–Crippen MR) is 107 cm³/mol. The Hall–Kier alpha value is -4.00. The SMILES string of the molecule is O=C(COc1ccccc1-c1nnc(-c2ccccc2)o1)NCc1cccnc1. The molecule has 1 amide bonds. The molecule has 4 aromatic rings. The summed E-state index contributed by atoms with van der Waals surface area (Å²) in [7, 11) is 0. The van der Waals surface area contributed by atoms with Gasteiger partial charge in [0.2, 0.25) is 5.89 Å². The summed E-state index contributed by atoms with van der Waals surface area (Å²) in [4.78, 5) is 16.1. The molecule has 0 bridgehead atoms. The van der Waals surface area contributed by atoms with Crippen molar-refractivity contribution >= 4 is 5.91 Å². The van der Waals surface area contributed by atoms with E-state index in [-0.39, 0.29) is 12.5 Å². The number of rotatable bonds is 7. The summed E-state index contributed by atoms with van der Waals surface area (Å²) in [5.41, 5.74) is 2.38. The van der Waals surface area contributed by atoms with Crippen LogP contribution in [0.2, 0.25) is 0 Å². The summed E-state index contributed by atoms with van der Waals surface area (Å²) in [6.07, 6.45) is 3.39. The lowest BCUT2D eigenvalue weighted by molar-refractivity contribution is -0.123. The number of pyridine rings is 1. The highest BCUT2D eigenvalue weighted by molar-refractivity contribution is 5.78. The largest absolute Gasteiger partial charge is 0.483 e. The molecule has 0 aliphatic heterocycles. The van der Waals surface area contributed by atoms with Gasteiger partial charge in [0.15, 0.2) is 6.61 Å². The summed E-state index contributed by atoms with van der Waals surface area (Å²) in [5.74, 6) is 1.01. The lowest BCUT2D eigenvalue weighted by atomic mass is 10.2. The van der Waals surface area contributed by atoms with E-state index in [1.54, 1.807) is 18.5 Å². The van der Waals surface area contributed by atoms with Crippen molar-refractivity contribution in [1.82, 2.24) is 20.5 Å². The van der Waals surface area contributed by atoms with E-state index in [1.807, 2.05) is 60.7 Å². The van der Waals surface area contributed by atoms with Gasteiger partial charge in [-0.15, -0.1) is 10.2 Å². The minimum absolute atomic E-state index is 0.128. The second-order valence-corrected chi connectivity index (χ2v) is 6.20. The zero-order valence-corrected chi connectivity index (χ0v) is 15.5. The van der Waals surface area contributed by atoms with Crippen LogP contribution < -0.4 is 10.1 Å². The topological polar surface area (TPSA) is 90.1 Å². The molecule has 1 N–H and O–H groups in total. The average molecular weight is 386 g/mol. The number of amides is 1. The quantitative estimate of drug-likeness (QED) is 0.523. The lowest BCUT2D eigenvalue weighted by Crippen LogP contribution is -2.28. The van der Waals surface area contributed by atoms with Crippen LogP contribution in [0.4, 0.5) is 0 Å². The van der Waals surface area contributed by atoms with Gasteiger partial charge in [-0.3, -0.25) is 9.78 Å². The molecular weight excluding hydrogens is 368 g/mol. The Morgan fingerprint density at radius 2 is 1.72 bits per heavy atom. The predicted octanol–water partition coefficient (Wildman–Crippen LogP) is 3.49. The third-order valence-corrected chi connectivity index (χ3v) is 4.13. The number of ether oxygens (including phenoxy) is 1. The normalized spacial score (nSPS) is 10.5. The summed E-state index contributed by atoms with van der Waals surface area (Å²) in [6, 6.07) is 20.5. The van der Waals surface area contributed by atoms with Crippen LogP contribution in [-0.2, 0) is 11.3 Å². The number of carbonyl (C=O) groups excluding carboxylic acids is 1. The van der Waals surface area contributed by atoms with E-state index in [0.717, 1.165) is 11.1 Å². The molecule has 4 rings (SSSR count). The first-order chi connectivity index (χ1) is 14.3. The van der Waals surface area contributed by atoms with Crippen LogP contribution in [0.5, 0.6) is 5.75 Å². The van der Waals surface area contributed by atoms with Crippen LogP contribution >= 0.6 is 0 Å². The molecule has 0 spiro atoms. The van der Waals surface area contributed by atoms with Crippen LogP contribution in [0, 0.1) is 0 Å². The number of carbonyl (C=O) groups is 1. The van der Waals surface area contributed by atoms with E-state index in [0.29, 0.717) is 29.6 Å². The van der Waals surface area contributed by atoms with E-state index in [1.165, 1.54) is 0 Å². The smallest absolute Gasteiger partial charge is 0.258 e. The second-order valence-electron chi connectivity index (χ2n) is 6.20. The van der Waals surface area contributed by atoms with Crippen molar-refractivity contribution in [2.24, 2.45) is 0 Å². The third kappa shape index (κ3) is 4.65. The first kappa shape index (κ1) is 18.4. The molecule has 0 saturated heterocycles. The van der Waals surface area contributed by atoms with Crippen molar-refractivity contribution in [3.05, 3.63) is 84.7 Å². The van der Waals surface area contributed by atoms with Gasteiger partial charge in [0.25, 0.3) is 11.8 Å². The Labute approximate surface area is 167 Å². The Morgan fingerprint density at radius 1 is 0.931 bits per heavy atom. The molecular formula is C22H18N4O3. The molecule has 7 nitrogen and oxygen atoms in total. The van der Waals surface area contributed by atoms with Crippen molar-refractivity contribution < 1.29 is 13.9 Å². The van der Waals surface area contributed by atoms with Gasteiger partial charge in [0.1, 0.15) is 5.75 Å². The van der Waals surface area contributed by atoms with E-state index in [2.05, 4.69) is 20.5 Å². The van der Waals surface area contributed by atoms with Crippen LogP contribution in [-0.4, -0.2) is 27.7 Å². The van der Waals surface area contributed by atoms with E-state index in [9.17, 15) is 4.79 Å². The first-order valence-electron chi connectivity index (χ1n) is 9.06. The molecule has 0 atom stereocenters. The van der Waals surface area contributed by atoms with Crippen molar-refractivity contribution in [3.8, 4) is 28.7 Å². The van der Waals surface area contributed by atoms with Crippen LogP contribution in [0.15, 0.2) is 83.5 Å². The van der Waals surface area contributed by atoms with Crippen LogP contribution in [0.25, 0.3) is 22.9 Å². The summed E-state index contributed by atoms with van der Waals surface area (Å²) in [5, 5.41) is 11.0. The summed E-state index contributed by atoms with van der Waals surface area (Å²) < 4.78 is 11.5. The molecule has 0 radical (unpaired) electrons. The van der Waals surface area contributed by atoms with Crippen molar-refractivity contribution in [2.75, 3.05) is 6.61 Å². The zero-order valence-electron chi connectivity index (χ0n) is 15.5. The van der Waals surface area contributed by atoms with Gasteiger partial charge < -0.3 is 14.5 Å². The molecule has 144 valence electrons.